The Hall–Kier alpha value is -1.26. The number of nitrogens with one attached hydrogen (secondary N) is 2. The number of hydrogen-bond acceptors (Lipinski definition) is 2. The molecular weight excluding hydrogens is 194 g/mol. The van der Waals surface area contributed by atoms with Crippen LogP contribution in [0.15, 0.2) is 0 Å². The molecule has 1 rings (SSSR count). The Morgan fingerprint density at radius 1 is 1.20 bits per heavy atom. The first-order chi connectivity index (χ1) is 7.15. The van der Waals surface area contributed by atoms with Crippen LogP contribution in [0.25, 0.3) is 0 Å². The zero-order chi connectivity index (χ0) is 11.3. The summed E-state index contributed by atoms with van der Waals surface area (Å²) < 4.78 is 0. The molecule has 0 spiro atoms. The molecule has 3 amide bonds. The number of amides is 3. The maximum Gasteiger partial charge on any atom is 0.315 e. The molecule has 1 unspecified atom stereocenters. The Kier molecular flexibility index (Phi) is 4.39. The number of carbonyl (C=O) groups is 2. The minimum absolute atomic E-state index is 0.0123. The van der Waals surface area contributed by atoms with E-state index in [-0.39, 0.29) is 11.9 Å². The summed E-state index contributed by atoms with van der Waals surface area (Å²) in [6.07, 6.45) is 3.33. The summed E-state index contributed by atoms with van der Waals surface area (Å²) in [6, 6.07) is -0.754. The molecular formula is C10H19N3O2. The van der Waals surface area contributed by atoms with Gasteiger partial charge in [0.05, 0.1) is 0 Å². The number of nitrogens with zero attached hydrogens (tertiary/aromatic N) is 1. The smallest absolute Gasteiger partial charge is 0.315 e. The van der Waals surface area contributed by atoms with Gasteiger partial charge in [-0.2, -0.15) is 0 Å². The molecule has 0 aromatic carbocycles. The second-order valence-electron chi connectivity index (χ2n) is 3.83. The number of piperidine rings is 1. The van der Waals surface area contributed by atoms with Crippen LogP contribution in [0.2, 0.25) is 0 Å². The van der Waals surface area contributed by atoms with E-state index in [4.69, 9.17) is 0 Å². The fraction of sp³-hybridized carbons (Fsp3) is 0.800. The Labute approximate surface area is 90.2 Å². The number of urea groups is 1. The third-order valence-corrected chi connectivity index (χ3v) is 2.61. The normalized spacial score (nSPS) is 18.1. The summed E-state index contributed by atoms with van der Waals surface area (Å²) >= 11 is 0. The molecule has 5 nitrogen and oxygen atoms in total. The second kappa shape index (κ2) is 5.58. The van der Waals surface area contributed by atoms with E-state index in [1.165, 1.54) is 13.5 Å². The van der Waals surface area contributed by atoms with Crippen LogP contribution < -0.4 is 10.6 Å². The first-order valence-electron chi connectivity index (χ1n) is 5.42. The average molecular weight is 213 g/mol. The van der Waals surface area contributed by atoms with Crippen LogP contribution >= 0.6 is 0 Å². The lowest BCUT2D eigenvalue weighted by Crippen LogP contribution is -2.50. The molecule has 1 fully saturated rings. The number of carbonyl (C=O) groups excluding carboxylic acids is 2. The van der Waals surface area contributed by atoms with Crippen LogP contribution in [0, 0.1) is 0 Å². The summed E-state index contributed by atoms with van der Waals surface area (Å²) in [5, 5.41) is 5.02. The van der Waals surface area contributed by atoms with Gasteiger partial charge in [-0.15, -0.1) is 0 Å². The van der Waals surface area contributed by atoms with Gasteiger partial charge in [-0.25, -0.2) is 4.79 Å². The molecule has 1 atom stereocenters. The van der Waals surface area contributed by atoms with Crippen molar-refractivity contribution < 1.29 is 9.59 Å². The predicted molar refractivity (Wildman–Crippen MR) is 57.5 cm³/mol. The standard InChI is InChI=1S/C10H19N3O2/c1-8(12-10(15)11-2)9(14)13-6-4-3-5-7-13/h8H,3-7H2,1-2H3,(H2,11,12,15). The Morgan fingerprint density at radius 3 is 2.33 bits per heavy atom. The lowest BCUT2D eigenvalue weighted by atomic mass is 10.1. The highest BCUT2D eigenvalue weighted by Gasteiger charge is 2.22. The fourth-order valence-electron chi connectivity index (χ4n) is 1.72. The quantitative estimate of drug-likeness (QED) is 0.693. The summed E-state index contributed by atoms with van der Waals surface area (Å²) in [6.45, 7) is 3.35. The van der Waals surface area contributed by atoms with Crippen LogP contribution in [0.1, 0.15) is 26.2 Å². The van der Waals surface area contributed by atoms with E-state index in [1.807, 2.05) is 4.90 Å². The summed E-state index contributed by atoms with van der Waals surface area (Å²) in [5.41, 5.74) is 0. The largest absolute Gasteiger partial charge is 0.341 e. The first-order valence-corrected chi connectivity index (χ1v) is 5.42. The number of hydrogen-bond donors (Lipinski definition) is 2. The maximum absolute atomic E-state index is 11.8. The molecule has 5 heteroatoms. The highest BCUT2D eigenvalue weighted by molar-refractivity contribution is 5.86. The van der Waals surface area contributed by atoms with Gasteiger partial charge in [0.2, 0.25) is 5.91 Å². The van der Waals surface area contributed by atoms with Gasteiger partial charge in [0.1, 0.15) is 6.04 Å². The Balaban J connectivity index is 2.40. The molecule has 2 N–H and O–H groups in total. The van der Waals surface area contributed by atoms with E-state index in [0.29, 0.717) is 0 Å². The van der Waals surface area contributed by atoms with Crippen molar-refractivity contribution >= 4 is 11.9 Å². The van der Waals surface area contributed by atoms with Crippen molar-refractivity contribution in [3.8, 4) is 0 Å². The predicted octanol–water partition coefficient (Wildman–Crippen LogP) is 0.316. The van der Waals surface area contributed by atoms with Crippen LogP contribution in [0.5, 0.6) is 0 Å². The van der Waals surface area contributed by atoms with Crippen LogP contribution in [0.4, 0.5) is 4.79 Å². The van der Waals surface area contributed by atoms with Crippen LogP contribution in [-0.2, 0) is 4.79 Å². The van der Waals surface area contributed by atoms with Crippen LogP contribution in [0.3, 0.4) is 0 Å². The third-order valence-electron chi connectivity index (χ3n) is 2.61. The summed E-state index contributed by atoms with van der Waals surface area (Å²) in [7, 11) is 1.54. The molecule has 0 aliphatic carbocycles. The zero-order valence-corrected chi connectivity index (χ0v) is 9.38. The molecule has 0 aromatic heterocycles. The lowest BCUT2D eigenvalue weighted by Gasteiger charge is -2.29. The summed E-state index contributed by atoms with van der Waals surface area (Å²) in [5.74, 6) is 0.0123. The highest BCUT2D eigenvalue weighted by atomic mass is 16.2. The topological polar surface area (TPSA) is 61.4 Å². The molecule has 0 radical (unpaired) electrons. The van der Waals surface area contributed by atoms with E-state index in [0.717, 1.165) is 25.9 Å². The van der Waals surface area contributed by atoms with Crippen molar-refractivity contribution in [2.75, 3.05) is 20.1 Å². The molecule has 0 bridgehead atoms. The first kappa shape index (κ1) is 11.8. The Bertz CT molecular complexity index is 237. The van der Waals surface area contributed by atoms with Gasteiger partial charge in [0, 0.05) is 20.1 Å². The summed E-state index contributed by atoms with van der Waals surface area (Å²) in [4.78, 5) is 24.7. The van der Waals surface area contributed by atoms with Crippen molar-refractivity contribution in [2.24, 2.45) is 0 Å². The minimum Gasteiger partial charge on any atom is -0.341 e. The molecule has 1 aliphatic heterocycles. The van der Waals surface area contributed by atoms with E-state index in [2.05, 4.69) is 10.6 Å². The molecule has 1 heterocycles. The number of rotatable bonds is 2. The highest BCUT2D eigenvalue weighted by Crippen LogP contribution is 2.09. The molecule has 0 saturated carbocycles. The molecule has 86 valence electrons. The van der Waals surface area contributed by atoms with Gasteiger partial charge in [0.15, 0.2) is 0 Å². The minimum atomic E-state index is -0.442. The molecule has 15 heavy (non-hydrogen) atoms. The van der Waals surface area contributed by atoms with Crippen molar-refractivity contribution in [3.05, 3.63) is 0 Å². The van der Waals surface area contributed by atoms with E-state index in [1.54, 1.807) is 6.92 Å². The average Bonchev–Trinajstić information content (AvgIpc) is 2.29. The van der Waals surface area contributed by atoms with Gasteiger partial charge in [-0.3, -0.25) is 4.79 Å². The SMILES string of the molecule is CNC(=O)NC(C)C(=O)N1CCCCC1. The molecule has 1 aliphatic rings. The van der Waals surface area contributed by atoms with Crippen LogP contribution in [-0.4, -0.2) is 43.0 Å². The fourth-order valence-corrected chi connectivity index (χ4v) is 1.72. The van der Waals surface area contributed by atoms with Crippen molar-refractivity contribution in [2.45, 2.75) is 32.2 Å². The van der Waals surface area contributed by atoms with Gasteiger partial charge < -0.3 is 15.5 Å². The second-order valence-corrected chi connectivity index (χ2v) is 3.83. The van der Waals surface area contributed by atoms with E-state index in [9.17, 15) is 9.59 Å². The van der Waals surface area contributed by atoms with Gasteiger partial charge >= 0.3 is 6.03 Å². The molecule has 0 aromatic rings. The van der Waals surface area contributed by atoms with Crippen molar-refractivity contribution in [3.63, 3.8) is 0 Å². The Morgan fingerprint density at radius 2 is 1.80 bits per heavy atom. The third kappa shape index (κ3) is 3.42. The van der Waals surface area contributed by atoms with Crippen molar-refractivity contribution in [1.29, 1.82) is 0 Å². The zero-order valence-electron chi connectivity index (χ0n) is 9.38. The van der Waals surface area contributed by atoms with Gasteiger partial charge in [-0.05, 0) is 26.2 Å². The van der Waals surface area contributed by atoms with E-state index >= 15 is 0 Å². The van der Waals surface area contributed by atoms with Gasteiger partial charge in [-0.1, -0.05) is 0 Å². The molecule has 1 saturated heterocycles. The lowest BCUT2D eigenvalue weighted by molar-refractivity contribution is -0.133. The number of likely N-dealkylation sites (tertiary alicyclic amines) is 1. The van der Waals surface area contributed by atoms with Crippen molar-refractivity contribution in [1.82, 2.24) is 15.5 Å². The maximum atomic E-state index is 11.8. The monoisotopic (exact) mass is 213 g/mol. The van der Waals surface area contributed by atoms with E-state index < -0.39 is 6.04 Å². The van der Waals surface area contributed by atoms with Gasteiger partial charge in [0.25, 0.3) is 0 Å².